The van der Waals surface area contributed by atoms with Gasteiger partial charge < -0.3 is 14.1 Å². The topological polar surface area (TPSA) is 44.8 Å². The van der Waals surface area contributed by atoms with Crippen LogP contribution in [0.2, 0.25) is 0 Å². The minimum atomic E-state index is -1.62. The molecule has 0 radical (unpaired) electrons. The molecule has 0 N–H and O–H groups in total. The van der Waals surface area contributed by atoms with Gasteiger partial charge in [-0.15, -0.1) is 0 Å². The molecule has 0 atom stereocenters. The van der Waals surface area contributed by atoms with Gasteiger partial charge in [-0.25, -0.2) is 0 Å². The van der Waals surface area contributed by atoms with E-state index in [0.717, 1.165) is 11.0 Å². The van der Waals surface area contributed by atoms with Crippen molar-refractivity contribution in [1.82, 2.24) is 0 Å². The monoisotopic (exact) mass is 423 g/mol. The minimum Gasteiger partial charge on any atom is -0.579 e. The minimum absolute atomic E-state index is 0. The highest BCUT2D eigenvalue weighted by Crippen LogP contribution is 2.41. The van der Waals surface area contributed by atoms with E-state index in [-0.39, 0.29) is 20.6 Å². The first-order valence-corrected chi connectivity index (χ1v) is 10.4. The van der Waals surface area contributed by atoms with E-state index in [1.54, 1.807) is 21.1 Å². The Morgan fingerprint density at radius 1 is 1.00 bits per heavy atom. The molecular formula is C25H48BO4-. The van der Waals surface area contributed by atoms with Gasteiger partial charge in [0.15, 0.2) is 0 Å². The summed E-state index contributed by atoms with van der Waals surface area (Å²) in [6, 6.07) is 6.44. The maximum Gasteiger partial charge on any atom is 0.203 e. The van der Waals surface area contributed by atoms with Crippen molar-refractivity contribution in [2.45, 2.75) is 101 Å². The van der Waals surface area contributed by atoms with E-state index in [0.29, 0.717) is 13.0 Å². The van der Waals surface area contributed by atoms with Crippen molar-refractivity contribution < 1.29 is 18.9 Å². The largest absolute Gasteiger partial charge is 0.579 e. The maximum absolute atomic E-state index is 12.0. The van der Waals surface area contributed by atoms with Gasteiger partial charge in [0, 0.05) is 26.2 Å². The highest BCUT2D eigenvalue weighted by molar-refractivity contribution is 6.92. The Balaban J connectivity index is 0. The fraction of sp³-hybridized carbons (Fsp3) is 0.720. The van der Waals surface area contributed by atoms with Crippen molar-refractivity contribution in [2.24, 2.45) is 5.41 Å². The van der Waals surface area contributed by atoms with E-state index < -0.39 is 22.8 Å². The molecule has 176 valence electrons. The van der Waals surface area contributed by atoms with E-state index in [1.807, 2.05) is 27.7 Å². The third-order valence-corrected chi connectivity index (χ3v) is 6.75. The molecule has 1 aromatic rings. The summed E-state index contributed by atoms with van der Waals surface area (Å²) in [6.07, 6.45) is -0.920. The second kappa shape index (κ2) is 10.9. The summed E-state index contributed by atoms with van der Waals surface area (Å²) in [4.78, 5) is 12.0. The fourth-order valence-corrected chi connectivity index (χ4v) is 4.52. The zero-order valence-corrected chi connectivity index (χ0v) is 19.9. The second-order valence-electron chi connectivity index (χ2n) is 9.36. The number of Topliss-reactive ketones (excluding diaryl/α,β-unsaturated/α-hetero) is 1. The zero-order chi connectivity index (χ0) is 22.0. The molecule has 0 saturated carbocycles. The van der Waals surface area contributed by atoms with E-state index in [9.17, 15) is 4.79 Å². The molecule has 0 saturated heterocycles. The first kappa shape index (κ1) is 31.0. The standard InChI is InChI=1S/C21H34BO4.C2H6.2CH4/c1-15(23)19(2,3)13-16-10-11-17-14-26-22(18(17)12-16,20(4,5)24-8)21(6,7)25-9;1-2;;/h10-12H,13-14H2,1-9H3;1-2H3;2*1H4/q-1;;;. The van der Waals surface area contributed by atoms with Crippen LogP contribution in [0.5, 0.6) is 0 Å². The zero-order valence-electron chi connectivity index (χ0n) is 19.9. The Morgan fingerprint density at radius 3 is 1.87 bits per heavy atom. The van der Waals surface area contributed by atoms with Crippen LogP contribution in [-0.2, 0) is 32.0 Å². The lowest BCUT2D eigenvalue weighted by molar-refractivity contribution is -0.124. The SMILES string of the molecule is C.C.CC.COC(C)(C)[B-]1(C(C)(C)OC)OCc2ccc(CC(C)(C)C(C)=O)cc21. The Kier molecular flexibility index (Phi) is 11.3. The molecule has 0 spiro atoms. The lowest BCUT2D eigenvalue weighted by Gasteiger charge is -2.58. The predicted molar refractivity (Wildman–Crippen MR) is 132 cm³/mol. The smallest absolute Gasteiger partial charge is 0.203 e. The molecule has 30 heavy (non-hydrogen) atoms. The lowest BCUT2D eigenvalue weighted by Crippen LogP contribution is -2.76. The van der Waals surface area contributed by atoms with Crippen LogP contribution < -0.4 is 5.46 Å². The van der Waals surface area contributed by atoms with Gasteiger partial charge in [0.1, 0.15) is 5.78 Å². The number of hydrogen-bond acceptors (Lipinski definition) is 4. The average molecular weight is 423 g/mol. The van der Waals surface area contributed by atoms with E-state index in [4.69, 9.17) is 14.1 Å². The number of carbonyl (C=O) groups excluding carboxylic acids is 1. The van der Waals surface area contributed by atoms with E-state index in [1.165, 1.54) is 5.56 Å². The van der Waals surface area contributed by atoms with Crippen molar-refractivity contribution >= 4 is 17.6 Å². The average Bonchev–Trinajstić information content (AvgIpc) is 3.04. The number of benzene rings is 1. The van der Waals surface area contributed by atoms with Crippen molar-refractivity contribution in [3.8, 4) is 0 Å². The Bertz CT molecular complexity index is 676. The van der Waals surface area contributed by atoms with Gasteiger partial charge in [-0.1, -0.05) is 99.6 Å². The number of methoxy groups -OCH3 is 2. The van der Waals surface area contributed by atoms with Crippen LogP contribution in [0.25, 0.3) is 0 Å². The summed E-state index contributed by atoms with van der Waals surface area (Å²) in [5, 5.41) is 0. The second-order valence-corrected chi connectivity index (χ2v) is 9.36. The molecule has 2 rings (SSSR count). The number of rotatable bonds is 7. The molecule has 1 aromatic carbocycles. The number of ether oxygens (including phenoxy) is 2. The number of fused-ring (bicyclic) bond motifs is 1. The lowest BCUT2D eigenvalue weighted by atomic mass is 9.20. The summed E-state index contributed by atoms with van der Waals surface area (Å²) in [6.45, 7) is 18.5. The van der Waals surface area contributed by atoms with Gasteiger partial charge in [-0.05, 0) is 24.3 Å². The van der Waals surface area contributed by atoms with E-state index >= 15 is 0 Å². The van der Waals surface area contributed by atoms with Crippen LogP contribution in [-0.4, -0.2) is 37.4 Å². The normalized spacial score (nSPS) is 15.2. The number of carbonyl (C=O) groups is 1. The van der Waals surface area contributed by atoms with Crippen molar-refractivity contribution in [1.29, 1.82) is 0 Å². The molecule has 1 heterocycles. The van der Waals surface area contributed by atoms with Crippen molar-refractivity contribution in [2.75, 3.05) is 14.2 Å². The van der Waals surface area contributed by atoms with Crippen molar-refractivity contribution in [3.05, 3.63) is 29.3 Å². The maximum atomic E-state index is 12.0. The number of hydrogen-bond donors (Lipinski definition) is 0. The van der Waals surface area contributed by atoms with Crippen LogP contribution >= 0.6 is 0 Å². The molecule has 0 aromatic heterocycles. The van der Waals surface area contributed by atoms with Gasteiger partial charge in [0.25, 0.3) is 0 Å². The molecule has 0 amide bonds. The van der Waals surface area contributed by atoms with Gasteiger partial charge in [0.05, 0.1) is 0 Å². The van der Waals surface area contributed by atoms with Crippen LogP contribution in [0.1, 0.15) is 88.3 Å². The molecule has 5 heteroatoms. The fourth-order valence-electron chi connectivity index (χ4n) is 4.52. The summed E-state index contributed by atoms with van der Waals surface area (Å²) >= 11 is 0. The molecule has 0 aliphatic carbocycles. The third-order valence-electron chi connectivity index (χ3n) is 6.75. The van der Waals surface area contributed by atoms with Gasteiger partial charge in [-0.3, -0.25) is 4.79 Å². The van der Waals surface area contributed by atoms with Gasteiger partial charge in [0.2, 0.25) is 6.35 Å². The first-order valence-electron chi connectivity index (χ1n) is 10.4. The molecule has 1 aliphatic rings. The summed E-state index contributed by atoms with van der Waals surface area (Å²) < 4.78 is 18.3. The summed E-state index contributed by atoms with van der Waals surface area (Å²) in [5.41, 5.74) is 1.99. The van der Waals surface area contributed by atoms with Crippen LogP contribution in [0.3, 0.4) is 0 Å². The molecule has 4 nitrogen and oxygen atoms in total. The predicted octanol–water partition coefficient (Wildman–Crippen LogP) is 5.75. The molecule has 1 aliphatic heterocycles. The van der Waals surface area contributed by atoms with Crippen LogP contribution in [0, 0.1) is 5.41 Å². The quantitative estimate of drug-likeness (QED) is 0.524. The highest BCUT2D eigenvalue weighted by atomic mass is 16.5. The third kappa shape index (κ3) is 5.17. The highest BCUT2D eigenvalue weighted by Gasteiger charge is 2.56. The number of ketones is 1. The molecule has 0 bridgehead atoms. The van der Waals surface area contributed by atoms with Crippen LogP contribution in [0.4, 0.5) is 0 Å². The summed E-state index contributed by atoms with van der Waals surface area (Å²) in [5.74, 6) is 0.195. The Hall–Kier alpha value is -1.17. The first-order chi connectivity index (χ1) is 12.8. The van der Waals surface area contributed by atoms with Crippen LogP contribution in [0.15, 0.2) is 18.2 Å². The Morgan fingerprint density at radius 2 is 1.47 bits per heavy atom. The molecule has 0 unspecified atom stereocenters. The Labute approximate surface area is 187 Å². The van der Waals surface area contributed by atoms with Crippen molar-refractivity contribution in [3.63, 3.8) is 0 Å². The van der Waals surface area contributed by atoms with E-state index in [2.05, 4.69) is 45.9 Å². The van der Waals surface area contributed by atoms with Gasteiger partial charge >= 0.3 is 0 Å². The molecule has 0 fully saturated rings. The molecular weight excluding hydrogens is 375 g/mol. The summed E-state index contributed by atoms with van der Waals surface area (Å²) in [7, 11) is 3.44. The van der Waals surface area contributed by atoms with Gasteiger partial charge in [-0.2, -0.15) is 5.46 Å².